The lowest BCUT2D eigenvalue weighted by molar-refractivity contribution is 0.0998. The average molecular weight is 388 g/mol. The maximum absolute atomic E-state index is 12.0. The van der Waals surface area contributed by atoms with E-state index in [4.69, 9.17) is 28.9 Å². The summed E-state index contributed by atoms with van der Waals surface area (Å²) >= 11 is 12.0. The minimum atomic E-state index is -0.479. The Hall–Kier alpha value is -2.30. The van der Waals surface area contributed by atoms with Gasteiger partial charge in [-0.1, -0.05) is 59.1 Å². The Balaban J connectivity index is 1.80. The van der Waals surface area contributed by atoms with Gasteiger partial charge in [0.05, 0.1) is 27.0 Å². The van der Waals surface area contributed by atoms with Crippen LogP contribution in [0, 0.1) is 6.92 Å². The molecule has 0 spiro atoms. The summed E-state index contributed by atoms with van der Waals surface area (Å²) in [4.78, 5) is 12.0. The Bertz CT molecular complexity index is 933. The van der Waals surface area contributed by atoms with Crippen LogP contribution in [0.5, 0.6) is 0 Å². The predicted octanol–water partition coefficient (Wildman–Crippen LogP) is 4.50. The summed E-state index contributed by atoms with van der Waals surface area (Å²) < 4.78 is 0. The molecule has 3 rings (SSSR count). The minimum absolute atomic E-state index is 0.461. The maximum atomic E-state index is 12.0. The zero-order valence-corrected chi connectivity index (χ0v) is 15.9. The molecule has 0 saturated heterocycles. The number of hydrogen-bond acceptors (Lipinski definition) is 2. The van der Waals surface area contributed by atoms with Crippen LogP contribution < -0.4 is 5.73 Å². The van der Waals surface area contributed by atoms with Gasteiger partial charge in [-0.15, -0.1) is 0 Å². The summed E-state index contributed by atoms with van der Waals surface area (Å²) in [5.41, 5.74) is 10.8. The number of nitrogens with two attached hydrogens (primary N) is 1. The molecule has 3 N–H and O–H groups in total. The molecule has 0 saturated carbocycles. The number of hydrogen-bond donors (Lipinski definition) is 2. The highest BCUT2D eigenvalue weighted by molar-refractivity contribution is 6.42. The van der Waals surface area contributed by atoms with Gasteiger partial charge in [0, 0.05) is 6.42 Å². The van der Waals surface area contributed by atoms with Crippen LogP contribution in [-0.2, 0) is 19.3 Å². The van der Waals surface area contributed by atoms with E-state index in [-0.39, 0.29) is 0 Å². The number of benzene rings is 2. The molecule has 0 aliphatic carbocycles. The van der Waals surface area contributed by atoms with Gasteiger partial charge < -0.3 is 5.73 Å². The van der Waals surface area contributed by atoms with Crippen molar-refractivity contribution in [1.29, 1.82) is 0 Å². The van der Waals surface area contributed by atoms with Crippen molar-refractivity contribution in [3.8, 4) is 0 Å². The van der Waals surface area contributed by atoms with E-state index in [0.717, 1.165) is 12.0 Å². The average Bonchev–Trinajstić information content (AvgIpc) is 3.00. The first kappa shape index (κ1) is 18.5. The van der Waals surface area contributed by atoms with E-state index in [9.17, 15) is 4.79 Å². The smallest absolute Gasteiger partial charge is 0.252 e. The molecular formula is C20H19Cl2N3O. The highest BCUT2D eigenvalue weighted by Gasteiger charge is 2.18. The van der Waals surface area contributed by atoms with E-state index in [1.165, 1.54) is 11.1 Å². The molecule has 0 atom stereocenters. The van der Waals surface area contributed by atoms with Crippen LogP contribution >= 0.6 is 23.2 Å². The van der Waals surface area contributed by atoms with Gasteiger partial charge in [-0.3, -0.25) is 9.89 Å². The summed E-state index contributed by atoms with van der Waals surface area (Å²) in [5.74, 6) is -0.479. The van der Waals surface area contributed by atoms with Crippen molar-refractivity contribution in [3.63, 3.8) is 0 Å². The molecule has 0 aliphatic rings. The largest absolute Gasteiger partial charge is 0.365 e. The maximum Gasteiger partial charge on any atom is 0.252 e. The third kappa shape index (κ3) is 4.26. The van der Waals surface area contributed by atoms with Crippen LogP contribution in [0.2, 0.25) is 10.0 Å². The summed E-state index contributed by atoms with van der Waals surface area (Å²) in [6, 6.07) is 13.7. The number of rotatable bonds is 6. The zero-order chi connectivity index (χ0) is 18.7. The third-order valence-corrected chi connectivity index (χ3v) is 5.04. The van der Waals surface area contributed by atoms with Crippen molar-refractivity contribution >= 4 is 29.1 Å². The van der Waals surface area contributed by atoms with Gasteiger partial charge in [0.15, 0.2) is 0 Å². The number of nitrogens with zero attached hydrogens (tertiary/aromatic N) is 1. The Morgan fingerprint density at radius 3 is 2.38 bits per heavy atom. The highest BCUT2D eigenvalue weighted by atomic mass is 35.5. The fourth-order valence-corrected chi connectivity index (χ4v) is 3.21. The number of primary amides is 1. The minimum Gasteiger partial charge on any atom is -0.365 e. The number of aromatic nitrogens is 2. The Morgan fingerprint density at radius 2 is 1.73 bits per heavy atom. The van der Waals surface area contributed by atoms with E-state index in [1.54, 1.807) is 12.1 Å². The number of carbonyl (C=O) groups excluding carboxylic acids is 1. The van der Waals surface area contributed by atoms with Crippen LogP contribution in [0.1, 0.15) is 38.4 Å². The van der Waals surface area contributed by atoms with Crippen LogP contribution in [0.25, 0.3) is 0 Å². The Morgan fingerprint density at radius 1 is 1.04 bits per heavy atom. The molecule has 1 heterocycles. The lowest BCUT2D eigenvalue weighted by Gasteiger charge is -2.05. The summed E-state index contributed by atoms with van der Waals surface area (Å²) in [6.07, 6.45) is 1.91. The van der Waals surface area contributed by atoms with E-state index < -0.39 is 5.91 Å². The number of nitrogens with one attached hydrogen (secondary N) is 1. The molecule has 2 aromatic carbocycles. The second kappa shape index (κ2) is 7.94. The van der Waals surface area contributed by atoms with Crippen LogP contribution in [0.4, 0.5) is 0 Å². The van der Waals surface area contributed by atoms with E-state index in [0.29, 0.717) is 39.8 Å². The normalized spacial score (nSPS) is 10.9. The zero-order valence-electron chi connectivity index (χ0n) is 14.4. The Kier molecular flexibility index (Phi) is 5.64. The van der Waals surface area contributed by atoms with Gasteiger partial charge in [-0.2, -0.15) is 5.10 Å². The fourth-order valence-electron chi connectivity index (χ4n) is 2.89. The second-order valence-corrected chi connectivity index (χ2v) is 7.11. The summed E-state index contributed by atoms with van der Waals surface area (Å²) in [7, 11) is 0. The summed E-state index contributed by atoms with van der Waals surface area (Å²) in [6.45, 7) is 2.05. The third-order valence-electron chi connectivity index (χ3n) is 4.30. The van der Waals surface area contributed by atoms with E-state index >= 15 is 0 Å². The molecule has 6 heteroatoms. The monoisotopic (exact) mass is 387 g/mol. The number of aryl methyl sites for hydroxylation is 3. The van der Waals surface area contributed by atoms with Crippen molar-refractivity contribution in [2.75, 3.05) is 0 Å². The summed E-state index contributed by atoms with van der Waals surface area (Å²) in [5, 5.41) is 8.25. The molecule has 0 radical (unpaired) electrons. The first-order valence-corrected chi connectivity index (χ1v) is 9.05. The van der Waals surface area contributed by atoms with Crippen LogP contribution in [0.15, 0.2) is 42.5 Å². The van der Waals surface area contributed by atoms with Crippen LogP contribution in [0.3, 0.4) is 0 Å². The highest BCUT2D eigenvalue weighted by Crippen LogP contribution is 2.25. The standard InChI is InChI=1S/C20H19Cl2N3O/c1-12-2-4-13(5-3-12)7-9-17-19(20(23)26)18(25-24-17)11-14-6-8-15(21)16(22)10-14/h2-6,8,10H,7,9,11H2,1H3,(H2,23,26)(H,24,25). The number of carbonyl (C=O) groups is 1. The predicted molar refractivity (Wildman–Crippen MR) is 105 cm³/mol. The van der Waals surface area contributed by atoms with Gasteiger partial charge in [0.2, 0.25) is 0 Å². The van der Waals surface area contributed by atoms with Gasteiger partial charge in [0.1, 0.15) is 0 Å². The molecule has 134 valence electrons. The van der Waals surface area contributed by atoms with Gasteiger partial charge in [-0.05, 0) is 43.0 Å². The van der Waals surface area contributed by atoms with Crippen molar-refractivity contribution in [2.24, 2.45) is 5.73 Å². The molecule has 1 aromatic heterocycles. The van der Waals surface area contributed by atoms with E-state index in [2.05, 4.69) is 41.4 Å². The lowest BCUT2D eigenvalue weighted by atomic mass is 10.0. The molecule has 0 bridgehead atoms. The number of H-pyrrole nitrogens is 1. The molecule has 3 aromatic rings. The molecule has 26 heavy (non-hydrogen) atoms. The lowest BCUT2D eigenvalue weighted by Crippen LogP contribution is -2.15. The fraction of sp³-hybridized carbons (Fsp3) is 0.200. The van der Waals surface area contributed by atoms with Crippen molar-refractivity contribution in [1.82, 2.24) is 10.2 Å². The number of aromatic amines is 1. The number of amides is 1. The molecule has 0 unspecified atom stereocenters. The molecular weight excluding hydrogens is 369 g/mol. The van der Waals surface area contributed by atoms with Gasteiger partial charge in [-0.25, -0.2) is 0 Å². The molecule has 0 aliphatic heterocycles. The van der Waals surface area contributed by atoms with Crippen molar-refractivity contribution < 1.29 is 4.79 Å². The van der Waals surface area contributed by atoms with Gasteiger partial charge in [0.25, 0.3) is 5.91 Å². The SMILES string of the molecule is Cc1ccc(CCc2n[nH]c(Cc3ccc(Cl)c(Cl)c3)c2C(N)=O)cc1. The van der Waals surface area contributed by atoms with Gasteiger partial charge >= 0.3 is 0 Å². The Labute approximate surface area is 162 Å². The number of halogens is 2. The molecule has 1 amide bonds. The van der Waals surface area contributed by atoms with E-state index in [1.807, 2.05) is 6.07 Å². The molecule has 0 fully saturated rings. The first-order valence-electron chi connectivity index (χ1n) is 8.29. The molecule has 4 nitrogen and oxygen atoms in total. The van der Waals surface area contributed by atoms with Crippen LogP contribution in [-0.4, -0.2) is 16.1 Å². The van der Waals surface area contributed by atoms with Crippen molar-refractivity contribution in [2.45, 2.75) is 26.2 Å². The topological polar surface area (TPSA) is 71.8 Å². The first-order chi connectivity index (χ1) is 12.4. The van der Waals surface area contributed by atoms with Crippen molar-refractivity contribution in [3.05, 3.63) is 86.2 Å². The second-order valence-electron chi connectivity index (χ2n) is 6.30. The quantitative estimate of drug-likeness (QED) is 0.653.